The summed E-state index contributed by atoms with van der Waals surface area (Å²) in [6.45, 7) is 0.196. The number of nitrogens with zero attached hydrogens (tertiary/aromatic N) is 1. The van der Waals surface area contributed by atoms with Crippen molar-refractivity contribution in [1.82, 2.24) is 5.32 Å². The molecule has 0 unspecified atom stereocenters. The first-order valence-electron chi connectivity index (χ1n) is 9.14. The Morgan fingerprint density at radius 3 is 2.37 bits per heavy atom. The van der Waals surface area contributed by atoms with Crippen LogP contribution in [-0.2, 0) is 21.4 Å². The second kappa shape index (κ2) is 9.65. The third kappa shape index (κ3) is 5.52. The van der Waals surface area contributed by atoms with Crippen LogP contribution < -0.4 is 14.4 Å². The van der Waals surface area contributed by atoms with Crippen molar-refractivity contribution in [1.29, 1.82) is 0 Å². The highest BCUT2D eigenvalue weighted by atomic mass is 35.5. The van der Waals surface area contributed by atoms with Crippen LogP contribution in [0.4, 0.5) is 5.69 Å². The third-order valence-corrected chi connectivity index (χ3v) is 6.39. The molecule has 0 fully saturated rings. The lowest BCUT2D eigenvalue weighted by Crippen LogP contribution is -2.28. The van der Waals surface area contributed by atoms with E-state index in [9.17, 15) is 13.2 Å². The van der Waals surface area contributed by atoms with Gasteiger partial charge < -0.3 is 10.1 Å². The van der Waals surface area contributed by atoms with Crippen molar-refractivity contribution in [2.45, 2.75) is 11.4 Å². The van der Waals surface area contributed by atoms with Crippen LogP contribution in [0.3, 0.4) is 0 Å². The van der Waals surface area contributed by atoms with Gasteiger partial charge in [-0.3, -0.25) is 9.10 Å². The molecule has 0 saturated carbocycles. The molecule has 0 aliphatic rings. The molecule has 0 bridgehead atoms. The van der Waals surface area contributed by atoms with E-state index in [1.807, 2.05) is 12.1 Å². The van der Waals surface area contributed by atoms with Crippen LogP contribution in [0, 0.1) is 0 Å². The van der Waals surface area contributed by atoms with Crippen LogP contribution in [0.15, 0.2) is 83.8 Å². The molecule has 1 N–H and O–H groups in total. The Kier molecular flexibility index (Phi) is 6.97. The van der Waals surface area contributed by atoms with Crippen molar-refractivity contribution in [2.75, 3.05) is 18.0 Å². The van der Waals surface area contributed by atoms with Crippen LogP contribution in [-0.4, -0.2) is 28.0 Å². The van der Waals surface area contributed by atoms with Gasteiger partial charge in [0.2, 0.25) is 0 Å². The predicted octanol–water partition coefficient (Wildman–Crippen LogP) is 3.86. The van der Waals surface area contributed by atoms with Gasteiger partial charge in [-0.15, -0.1) is 0 Å². The molecular formula is C22H21ClN2O4S. The van der Waals surface area contributed by atoms with E-state index in [4.69, 9.17) is 16.3 Å². The molecule has 0 atom stereocenters. The molecule has 0 aliphatic heterocycles. The fraction of sp³-hybridized carbons (Fsp3) is 0.136. The van der Waals surface area contributed by atoms with E-state index in [1.165, 1.54) is 11.4 Å². The van der Waals surface area contributed by atoms with Gasteiger partial charge >= 0.3 is 0 Å². The number of amides is 1. The van der Waals surface area contributed by atoms with Crippen molar-refractivity contribution < 1.29 is 17.9 Å². The van der Waals surface area contributed by atoms with Gasteiger partial charge in [0.05, 0.1) is 10.6 Å². The average Bonchev–Trinajstić information content (AvgIpc) is 2.77. The summed E-state index contributed by atoms with van der Waals surface area (Å²) in [5.74, 6) is 0.185. The lowest BCUT2D eigenvalue weighted by atomic mass is 10.2. The summed E-state index contributed by atoms with van der Waals surface area (Å²) in [6, 6.07) is 21.9. The minimum atomic E-state index is -3.65. The SMILES string of the molecule is CN(c1ccc(OCC(=O)NCc2cccc(Cl)c2)cc1)S(=O)(=O)c1ccccc1. The van der Waals surface area contributed by atoms with Crippen LogP contribution >= 0.6 is 11.6 Å². The second-order valence-corrected chi connectivity index (χ2v) is 8.88. The normalized spacial score (nSPS) is 11.0. The highest BCUT2D eigenvalue weighted by Gasteiger charge is 2.20. The van der Waals surface area contributed by atoms with Gasteiger partial charge in [-0.05, 0) is 54.1 Å². The smallest absolute Gasteiger partial charge is 0.264 e. The molecule has 3 aromatic carbocycles. The Balaban J connectivity index is 1.55. The molecule has 6 nitrogen and oxygen atoms in total. The zero-order valence-corrected chi connectivity index (χ0v) is 17.9. The van der Waals surface area contributed by atoms with E-state index in [1.54, 1.807) is 66.7 Å². The van der Waals surface area contributed by atoms with Crippen LogP contribution in [0.5, 0.6) is 5.75 Å². The van der Waals surface area contributed by atoms with E-state index in [-0.39, 0.29) is 17.4 Å². The average molecular weight is 445 g/mol. The maximum absolute atomic E-state index is 12.7. The predicted molar refractivity (Wildman–Crippen MR) is 117 cm³/mol. The largest absolute Gasteiger partial charge is 0.484 e. The van der Waals surface area contributed by atoms with E-state index in [2.05, 4.69) is 5.32 Å². The number of benzene rings is 3. The Hall–Kier alpha value is -3.03. The zero-order valence-electron chi connectivity index (χ0n) is 16.3. The van der Waals surface area contributed by atoms with Crippen molar-refractivity contribution in [3.05, 3.63) is 89.4 Å². The van der Waals surface area contributed by atoms with Gasteiger partial charge in [-0.2, -0.15) is 0 Å². The maximum atomic E-state index is 12.7. The minimum Gasteiger partial charge on any atom is -0.484 e. The number of ether oxygens (including phenoxy) is 1. The third-order valence-electron chi connectivity index (χ3n) is 4.35. The second-order valence-electron chi connectivity index (χ2n) is 6.47. The first kappa shape index (κ1) is 21.7. The number of anilines is 1. The Bertz CT molecular complexity index is 1100. The number of nitrogens with one attached hydrogen (secondary N) is 1. The Morgan fingerprint density at radius 1 is 1.00 bits per heavy atom. The fourth-order valence-corrected chi connectivity index (χ4v) is 4.12. The first-order valence-corrected chi connectivity index (χ1v) is 11.0. The molecular weight excluding hydrogens is 424 g/mol. The van der Waals surface area contributed by atoms with E-state index < -0.39 is 10.0 Å². The monoisotopic (exact) mass is 444 g/mol. The number of carbonyl (C=O) groups is 1. The van der Waals surface area contributed by atoms with E-state index in [0.29, 0.717) is 23.0 Å². The summed E-state index contributed by atoms with van der Waals surface area (Å²) < 4.78 is 32.0. The molecule has 1 amide bonds. The maximum Gasteiger partial charge on any atom is 0.264 e. The van der Waals surface area contributed by atoms with Crippen LogP contribution in [0.2, 0.25) is 5.02 Å². The molecule has 8 heteroatoms. The topological polar surface area (TPSA) is 75.7 Å². The highest BCUT2D eigenvalue weighted by Crippen LogP contribution is 2.24. The number of rotatable bonds is 8. The molecule has 0 aromatic heterocycles. The van der Waals surface area contributed by atoms with E-state index in [0.717, 1.165) is 5.56 Å². The van der Waals surface area contributed by atoms with Crippen molar-refractivity contribution >= 4 is 33.2 Å². The number of halogens is 1. The molecule has 0 aliphatic carbocycles. The van der Waals surface area contributed by atoms with Gasteiger partial charge in [0.15, 0.2) is 6.61 Å². The van der Waals surface area contributed by atoms with Gasteiger partial charge in [-0.1, -0.05) is 41.9 Å². The van der Waals surface area contributed by atoms with Crippen molar-refractivity contribution in [3.63, 3.8) is 0 Å². The fourth-order valence-electron chi connectivity index (χ4n) is 2.69. The molecule has 0 spiro atoms. The number of hydrogen-bond acceptors (Lipinski definition) is 4. The lowest BCUT2D eigenvalue weighted by Gasteiger charge is -2.19. The molecule has 0 saturated heterocycles. The highest BCUT2D eigenvalue weighted by molar-refractivity contribution is 7.92. The molecule has 0 heterocycles. The van der Waals surface area contributed by atoms with Gasteiger partial charge in [0, 0.05) is 18.6 Å². The standard InChI is InChI=1S/C22H21ClN2O4S/c1-25(30(27,28)21-8-3-2-4-9-21)19-10-12-20(13-11-19)29-16-22(26)24-15-17-6-5-7-18(23)14-17/h2-14H,15-16H2,1H3,(H,24,26). The first-order chi connectivity index (χ1) is 14.4. The minimum absolute atomic E-state index is 0.155. The lowest BCUT2D eigenvalue weighted by molar-refractivity contribution is -0.123. The Labute approximate surface area is 181 Å². The van der Waals surface area contributed by atoms with Gasteiger partial charge in [0.1, 0.15) is 5.75 Å². The van der Waals surface area contributed by atoms with Crippen molar-refractivity contribution in [3.8, 4) is 5.75 Å². The molecule has 3 aromatic rings. The van der Waals surface area contributed by atoms with Crippen molar-refractivity contribution in [2.24, 2.45) is 0 Å². The van der Waals surface area contributed by atoms with E-state index >= 15 is 0 Å². The van der Waals surface area contributed by atoms with Gasteiger partial charge in [0.25, 0.3) is 15.9 Å². The summed E-state index contributed by atoms with van der Waals surface area (Å²) in [4.78, 5) is 12.2. The quantitative estimate of drug-likeness (QED) is 0.572. The van der Waals surface area contributed by atoms with Crippen LogP contribution in [0.1, 0.15) is 5.56 Å². The number of carbonyl (C=O) groups excluding carboxylic acids is 1. The molecule has 0 radical (unpaired) electrons. The molecule has 156 valence electrons. The van der Waals surface area contributed by atoms with Gasteiger partial charge in [-0.25, -0.2) is 8.42 Å². The van der Waals surface area contributed by atoms with Crippen LogP contribution in [0.25, 0.3) is 0 Å². The Morgan fingerprint density at radius 2 is 1.70 bits per heavy atom. The summed E-state index contributed by atoms with van der Waals surface area (Å²) in [5.41, 5.74) is 1.37. The number of hydrogen-bond donors (Lipinski definition) is 1. The molecule has 30 heavy (non-hydrogen) atoms. The summed E-state index contributed by atoms with van der Waals surface area (Å²) in [5, 5.41) is 3.36. The zero-order chi connectivity index (χ0) is 21.6. The molecule has 3 rings (SSSR count). The summed E-state index contributed by atoms with van der Waals surface area (Å²) in [6.07, 6.45) is 0. The number of sulfonamides is 1. The summed E-state index contributed by atoms with van der Waals surface area (Å²) >= 11 is 5.92. The summed E-state index contributed by atoms with van der Waals surface area (Å²) in [7, 11) is -2.16.